The second kappa shape index (κ2) is 13.8. The molecule has 0 saturated carbocycles. The summed E-state index contributed by atoms with van der Waals surface area (Å²) >= 11 is 0. The summed E-state index contributed by atoms with van der Waals surface area (Å²) in [5, 5.41) is 25.4. The number of Topliss-reactive ketones (excluding diaryl/α,β-unsaturated/α-hetero) is 2. The van der Waals surface area contributed by atoms with Crippen molar-refractivity contribution in [3.8, 4) is 0 Å². The summed E-state index contributed by atoms with van der Waals surface area (Å²) in [4.78, 5) is 48.0. The molecule has 0 aromatic carbocycles. The van der Waals surface area contributed by atoms with Gasteiger partial charge in [-0.1, -0.05) is 79.0 Å². The van der Waals surface area contributed by atoms with E-state index in [1.807, 2.05) is 25.2 Å². The van der Waals surface area contributed by atoms with Crippen LogP contribution in [0.25, 0.3) is 0 Å². The van der Waals surface area contributed by atoms with Crippen molar-refractivity contribution in [1.82, 2.24) is 10.6 Å². The number of ether oxygens (including phenoxy) is 1. The Morgan fingerprint density at radius 1 is 0.872 bits per heavy atom. The molecule has 39 heavy (non-hydrogen) atoms. The van der Waals surface area contributed by atoms with Gasteiger partial charge in [0.1, 0.15) is 23.2 Å². The van der Waals surface area contributed by atoms with Gasteiger partial charge in [0.05, 0.1) is 5.70 Å². The van der Waals surface area contributed by atoms with Crippen LogP contribution in [0.5, 0.6) is 0 Å². The average Bonchev–Trinajstić information content (AvgIpc) is 3.67. The molecule has 202 valence electrons. The number of hydrogen-bond donors (Lipinski definition) is 4. The van der Waals surface area contributed by atoms with Crippen molar-refractivity contribution in [2.24, 2.45) is 0 Å². The zero-order chi connectivity index (χ0) is 28.3. The molecule has 0 spiro atoms. The van der Waals surface area contributed by atoms with Crippen LogP contribution in [0, 0.1) is 0 Å². The highest BCUT2D eigenvalue weighted by atomic mass is 16.6. The minimum absolute atomic E-state index is 0.0387. The first kappa shape index (κ1) is 29.0. The van der Waals surface area contributed by atoms with Gasteiger partial charge in [0.25, 0.3) is 0 Å². The summed E-state index contributed by atoms with van der Waals surface area (Å²) in [5.74, 6) is -1.87. The first-order valence-electron chi connectivity index (χ1n) is 12.3. The van der Waals surface area contributed by atoms with Gasteiger partial charge in [-0.15, -0.1) is 0 Å². The Morgan fingerprint density at radius 3 is 2.03 bits per heavy atom. The van der Waals surface area contributed by atoms with E-state index in [-0.39, 0.29) is 35.8 Å². The largest absolute Gasteiger partial charge is 0.510 e. The second-order valence-corrected chi connectivity index (χ2v) is 8.65. The van der Waals surface area contributed by atoms with Gasteiger partial charge in [-0.2, -0.15) is 0 Å². The zero-order valence-corrected chi connectivity index (χ0v) is 21.3. The molecule has 0 aromatic rings. The van der Waals surface area contributed by atoms with Gasteiger partial charge in [0.2, 0.25) is 17.6 Å². The number of aliphatic hydroxyl groups is 2. The first-order valence-corrected chi connectivity index (χ1v) is 12.3. The van der Waals surface area contributed by atoms with Gasteiger partial charge >= 0.3 is 0 Å². The van der Waals surface area contributed by atoms with Gasteiger partial charge in [-0.3, -0.25) is 19.2 Å². The van der Waals surface area contributed by atoms with Crippen molar-refractivity contribution < 1.29 is 34.1 Å². The number of amides is 2. The Morgan fingerprint density at radius 2 is 1.44 bits per heavy atom. The summed E-state index contributed by atoms with van der Waals surface area (Å²) < 4.78 is 5.33. The van der Waals surface area contributed by atoms with E-state index in [1.165, 1.54) is 36.5 Å². The number of epoxide rings is 1. The number of carbonyl (C=O) groups excluding carboxylic acids is 4. The lowest BCUT2D eigenvalue weighted by atomic mass is 9.88. The lowest BCUT2D eigenvalue weighted by molar-refractivity contribution is -0.121. The van der Waals surface area contributed by atoms with Crippen molar-refractivity contribution >= 4 is 23.4 Å². The van der Waals surface area contributed by atoms with Crippen LogP contribution in [-0.2, 0) is 23.9 Å². The minimum Gasteiger partial charge on any atom is -0.510 e. The normalized spacial score (nSPS) is 25.6. The Hall–Kier alpha value is -4.60. The van der Waals surface area contributed by atoms with Crippen LogP contribution in [0.3, 0.4) is 0 Å². The molecule has 3 atom stereocenters. The molecule has 1 saturated heterocycles. The Balaban J connectivity index is 1.51. The molecule has 3 rings (SSSR count). The molecule has 2 aliphatic carbocycles. The quantitative estimate of drug-likeness (QED) is 0.183. The molecular weight excluding hydrogens is 500 g/mol. The standard InChI is InChI=1S/C30H30N2O7/c1-2-3-4-5-6-9-12-15-24(35)31-21-20-30(38,29-28(39-29)27(21)37)19-14-11-8-7-10-13-16-25(36)32-26-22(33)17-18-23(26)34/h2-16,19-20,28-29,33,38H,17-18H2,1H3,(H,31,35)(H,32,36). The molecule has 3 aliphatic rings. The fourth-order valence-corrected chi connectivity index (χ4v) is 3.69. The third-order valence-electron chi connectivity index (χ3n) is 5.67. The van der Waals surface area contributed by atoms with Gasteiger partial charge < -0.3 is 25.6 Å². The molecule has 2 amide bonds. The third kappa shape index (κ3) is 8.46. The zero-order valence-electron chi connectivity index (χ0n) is 21.3. The van der Waals surface area contributed by atoms with Crippen molar-refractivity contribution in [2.45, 2.75) is 37.6 Å². The number of aliphatic hydroxyl groups excluding tert-OH is 1. The molecule has 0 aromatic heterocycles. The average molecular weight is 531 g/mol. The van der Waals surface area contributed by atoms with Gasteiger partial charge in [0.15, 0.2) is 11.9 Å². The van der Waals surface area contributed by atoms with E-state index < -0.39 is 35.4 Å². The molecular formula is C30H30N2O7. The van der Waals surface area contributed by atoms with Crippen molar-refractivity contribution in [1.29, 1.82) is 0 Å². The topological polar surface area (TPSA) is 145 Å². The van der Waals surface area contributed by atoms with Crippen LogP contribution in [0.2, 0.25) is 0 Å². The fraction of sp³-hybridized carbons (Fsp3) is 0.200. The fourth-order valence-electron chi connectivity index (χ4n) is 3.69. The van der Waals surface area contributed by atoms with Gasteiger partial charge in [-0.25, -0.2) is 0 Å². The van der Waals surface area contributed by atoms with Crippen LogP contribution in [-0.4, -0.2) is 51.4 Å². The lowest BCUT2D eigenvalue weighted by Gasteiger charge is -2.23. The molecule has 1 heterocycles. The number of hydrogen-bond acceptors (Lipinski definition) is 7. The number of fused-ring (bicyclic) bond motifs is 1. The van der Waals surface area contributed by atoms with Crippen LogP contribution in [0.4, 0.5) is 0 Å². The SMILES string of the molecule is CC=CC=CC=CC=CC(=O)NC1=CC(O)(C=CC=CC=CC=CC(=O)NC2=C(O)CCC2=O)C2OC2C1=O. The van der Waals surface area contributed by atoms with E-state index in [1.54, 1.807) is 48.6 Å². The number of allylic oxidation sites excluding steroid dienone is 15. The monoisotopic (exact) mass is 530 g/mol. The molecule has 0 radical (unpaired) electrons. The molecule has 1 fully saturated rings. The van der Waals surface area contributed by atoms with Crippen molar-refractivity contribution in [2.75, 3.05) is 0 Å². The van der Waals surface area contributed by atoms with E-state index in [0.29, 0.717) is 0 Å². The van der Waals surface area contributed by atoms with Crippen molar-refractivity contribution in [3.05, 3.63) is 120 Å². The molecule has 4 N–H and O–H groups in total. The number of rotatable bonds is 11. The maximum atomic E-state index is 12.4. The third-order valence-corrected chi connectivity index (χ3v) is 5.67. The summed E-state index contributed by atoms with van der Waals surface area (Å²) in [5.41, 5.74) is -1.67. The lowest BCUT2D eigenvalue weighted by Crippen LogP contribution is -2.42. The Bertz CT molecular complexity index is 1300. The second-order valence-electron chi connectivity index (χ2n) is 8.65. The summed E-state index contributed by atoms with van der Waals surface area (Å²) in [7, 11) is 0. The number of carbonyl (C=O) groups is 4. The van der Waals surface area contributed by atoms with Crippen molar-refractivity contribution in [3.63, 3.8) is 0 Å². The molecule has 3 unspecified atom stereocenters. The number of nitrogens with one attached hydrogen (secondary N) is 2. The predicted octanol–water partition coefficient (Wildman–Crippen LogP) is 2.79. The maximum Gasteiger partial charge on any atom is 0.248 e. The minimum atomic E-state index is -1.58. The van der Waals surface area contributed by atoms with Crippen LogP contribution >= 0.6 is 0 Å². The van der Waals surface area contributed by atoms with Crippen LogP contribution in [0.15, 0.2) is 120 Å². The van der Waals surface area contributed by atoms with E-state index in [9.17, 15) is 29.4 Å². The summed E-state index contributed by atoms with van der Waals surface area (Å²) in [6.07, 6.45) is 26.0. The molecule has 9 heteroatoms. The smallest absolute Gasteiger partial charge is 0.248 e. The summed E-state index contributed by atoms with van der Waals surface area (Å²) in [6, 6.07) is 0. The molecule has 1 aliphatic heterocycles. The Kier molecular flexibility index (Phi) is 10.3. The summed E-state index contributed by atoms with van der Waals surface area (Å²) in [6.45, 7) is 1.90. The highest BCUT2D eigenvalue weighted by Crippen LogP contribution is 2.40. The van der Waals surface area contributed by atoms with E-state index in [2.05, 4.69) is 10.6 Å². The van der Waals surface area contributed by atoms with E-state index in [4.69, 9.17) is 4.74 Å². The Labute approximate surface area is 226 Å². The predicted molar refractivity (Wildman–Crippen MR) is 146 cm³/mol. The molecule has 0 bridgehead atoms. The van der Waals surface area contributed by atoms with E-state index in [0.717, 1.165) is 0 Å². The highest BCUT2D eigenvalue weighted by Gasteiger charge is 2.59. The molecule has 9 nitrogen and oxygen atoms in total. The first-order chi connectivity index (χ1) is 18.7. The van der Waals surface area contributed by atoms with Crippen LogP contribution < -0.4 is 10.6 Å². The van der Waals surface area contributed by atoms with Gasteiger partial charge in [0, 0.05) is 25.0 Å². The maximum absolute atomic E-state index is 12.4. The van der Waals surface area contributed by atoms with Gasteiger partial charge in [-0.05, 0) is 19.1 Å². The van der Waals surface area contributed by atoms with Crippen LogP contribution in [0.1, 0.15) is 19.8 Å². The number of ketones is 2. The van der Waals surface area contributed by atoms with E-state index >= 15 is 0 Å². The highest BCUT2D eigenvalue weighted by molar-refractivity contribution is 6.06.